The van der Waals surface area contributed by atoms with Gasteiger partial charge in [-0.15, -0.1) is 0 Å². The van der Waals surface area contributed by atoms with Crippen LogP contribution in [0.3, 0.4) is 0 Å². The summed E-state index contributed by atoms with van der Waals surface area (Å²) < 4.78 is 5.21. The van der Waals surface area contributed by atoms with Gasteiger partial charge in [-0.2, -0.15) is 0 Å². The molecule has 0 radical (unpaired) electrons. The summed E-state index contributed by atoms with van der Waals surface area (Å²) in [5.74, 6) is 0. The van der Waals surface area contributed by atoms with Gasteiger partial charge in [0.05, 0.1) is 18.8 Å². The molecule has 1 rings (SSSR count). The Balaban J connectivity index is 2.49. The first-order valence-corrected chi connectivity index (χ1v) is 6.23. The molecule has 0 aliphatic heterocycles. The molecule has 0 saturated carbocycles. The lowest BCUT2D eigenvalue weighted by molar-refractivity contribution is 0.133. The number of nitrogens with one attached hydrogen (secondary N) is 1. The molecule has 0 bridgehead atoms. The van der Waals surface area contributed by atoms with Crippen molar-refractivity contribution in [2.75, 3.05) is 20.3 Å². The van der Waals surface area contributed by atoms with Gasteiger partial charge in [0.15, 0.2) is 0 Å². The molecule has 0 unspecified atom stereocenters. The van der Waals surface area contributed by atoms with E-state index in [2.05, 4.69) is 24.4 Å². The molecule has 1 aromatic carbocycles. The van der Waals surface area contributed by atoms with Crippen molar-refractivity contribution < 1.29 is 9.84 Å². The molecule has 2 atom stereocenters. The number of hydrogen-bond donors (Lipinski definition) is 2. The predicted molar refractivity (Wildman–Crippen MR) is 70.0 cm³/mol. The van der Waals surface area contributed by atoms with Crippen LogP contribution in [0.5, 0.6) is 0 Å². The van der Waals surface area contributed by atoms with Crippen molar-refractivity contribution in [1.82, 2.24) is 5.32 Å². The molecule has 96 valence electrons. The zero-order chi connectivity index (χ0) is 12.5. The van der Waals surface area contributed by atoms with Gasteiger partial charge in [-0.05, 0) is 12.0 Å². The Morgan fingerprint density at radius 1 is 1.29 bits per heavy atom. The van der Waals surface area contributed by atoms with Crippen LogP contribution < -0.4 is 5.32 Å². The van der Waals surface area contributed by atoms with Crippen molar-refractivity contribution in [1.29, 1.82) is 0 Å². The SMILES string of the molecule is CCC[C@@H](O)CN[C@@H](COC)c1ccccc1. The van der Waals surface area contributed by atoms with Crippen molar-refractivity contribution in [3.63, 3.8) is 0 Å². The maximum atomic E-state index is 9.71. The summed E-state index contributed by atoms with van der Waals surface area (Å²) in [5.41, 5.74) is 1.19. The van der Waals surface area contributed by atoms with E-state index < -0.39 is 0 Å². The lowest BCUT2D eigenvalue weighted by Crippen LogP contribution is -2.32. The minimum Gasteiger partial charge on any atom is -0.392 e. The van der Waals surface area contributed by atoms with Crippen LogP contribution in [0.2, 0.25) is 0 Å². The molecule has 17 heavy (non-hydrogen) atoms. The lowest BCUT2D eigenvalue weighted by atomic mass is 10.1. The normalized spacial score (nSPS) is 14.5. The van der Waals surface area contributed by atoms with Crippen molar-refractivity contribution in [2.24, 2.45) is 0 Å². The van der Waals surface area contributed by atoms with Crippen LogP contribution in [0.15, 0.2) is 30.3 Å². The highest BCUT2D eigenvalue weighted by atomic mass is 16.5. The topological polar surface area (TPSA) is 41.5 Å². The second-order valence-corrected chi connectivity index (χ2v) is 4.27. The third-order valence-electron chi connectivity index (χ3n) is 2.76. The summed E-state index contributed by atoms with van der Waals surface area (Å²) in [6.45, 7) is 3.30. The zero-order valence-electron chi connectivity index (χ0n) is 10.7. The van der Waals surface area contributed by atoms with Gasteiger partial charge in [0, 0.05) is 13.7 Å². The minimum atomic E-state index is -0.275. The predicted octanol–water partition coefficient (Wildman–Crippen LogP) is 2.12. The average Bonchev–Trinajstić information content (AvgIpc) is 2.36. The molecule has 2 N–H and O–H groups in total. The van der Waals surface area contributed by atoms with Crippen molar-refractivity contribution in [2.45, 2.75) is 31.9 Å². The summed E-state index contributed by atoms with van der Waals surface area (Å²) in [5, 5.41) is 13.1. The van der Waals surface area contributed by atoms with E-state index in [1.54, 1.807) is 7.11 Å². The van der Waals surface area contributed by atoms with Gasteiger partial charge < -0.3 is 15.2 Å². The summed E-state index contributed by atoms with van der Waals surface area (Å²) >= 11 is 0. The van der Waals surface area contributed by atoms with E-state index in [0.29, 0.717) is 13.2 Å². The van der Waals surface area contributed by atoms with Gasteiger partial charge >= 0.3 is 0 Å². The first-order chi connectivity index (χ1) is 8.27. The van der Waals surface area contributed by atoms with E-state index in [9.17, 15) is 5.11 Å². The fourth-order valence-corrected chi connectivity index (χ4v) is 1.84. The molecule has 3 heteroatoms. The van der Waals surface area contributed by atoms with Gasteiger partial charge in [0.2, 0.25) is 0 Å². The van der Waals surface area contributed by atoms with Crippen LogP contribution in [-0.2, 0) is 4.74 Å². The molecule has 0 aliphatic carbocycles. The molecule has 0 amide bonds. The van der Waals surface area contributed by atoms with Crippen LogP contribution in [0, 0.1) is 0 Å². The molecule has 0 fully saturated rings. The first-order valence-electron chi connectivity index (χ1n) is 6.23. The van der Waals surface area contributed by atoms with Crippen LogP contribution in [0.25, 0.3) is 0 Å². The number of benzene rings is 1. The van der Waals surface area contributed by atoms with E-state index in [-0.39, 0.29) is 12.1 Å². The smallest absolute Gasteiger partial charge is 0.0664 e. The maximum absolute atomic E-state index is 9.71. The van der Waals surface area contributed by atoms with Crippen LogP contribution >= 0.6 is 0 Å². The fraction of sp³-hybridized carbons (Fsp3) is 0.571. The standard InChI is InChI=1S/C14H23NO2/c1-3-7-13(16)10-15-14(11-17-2)12-8-5-4-6-9-12/h4-6,8-9,13-16H,3,7,10-11H2,1-2H3/t13-,14+/m1/s1. The third kappa shape index (κ3) is 5.31. The van der Waals surface area contributed by atoms with Crippen LogP contribution in [0.4, 0.5) is 0 Å². The molecule has 0 saturated heterocycles. The molecule has 0 heterocycles. The fourth-order valence-electron chi connectivity index (χ4n) is 1.84. The third-order valence-corrected chi connectivity index (χ3v) is 2.76. The Bertz CT molecular complexity index is 290. The number of hydrogen-bond acceptors (Lipinski definition) is 3. The first kappa shape index (κ1) is 14.2. The number of ether oxygens (including phenoxy) is 1. The monoisotopic (exact) mass is 237 g/mol. The van der Waals surface area contributed by atoms with Gasteiger partial charge in [0.1, 0.15) is 0 Å². The number of aliphatic hydroxyl groups excluding tert-OH is 1. The second kappa shape index (κ2) is 8.23. The number of methoxy groups -OCH3 is 1. The number of rotatable bonds is 8. The highest BCUT2D eigenvalue weighted by Crippen LogP contribution is 2.12. The largest absolute Gasteiger partial charge is 0.392 e. The average molecular weight is 237 g/mol. The molecule has 0 aliphatic rings. The molecule has 0 spiro atoms. The van der Waals surface area contributed by atoms with Crippen LogP contribution in [0.1, 0.15) is 31.4 Å². The minimum absolute atomic E-state index is 0.146. The van der Waals surface area contributed by atoms with Gasteiger partial charge in [-0.3, -0.25) is 0 Å². The maximum Gasteiger partial charge on any atom is 0.0664 e. The van der Waals surface area contributed by atoms with Gasteiger partial charge in [-0.1, -0.05) is 43.7 Å². The quantitative estimate of drug-likeness (QED) is 0.727. The van der Waals surface area contributed by atoms with Crippen LogP contribution in [-0.4, -0.2) is 31.5 Å². The second-order valence-electron chi connectivity index (χ2n) is 4.27. The van der Waals surface area contributed by atoms with Crippen molar-refractivity contribution in [3.05, 3.63) is 35.9 Å². The van der Waals surface area contributed by atoms with Crippen molar-refractivity contribution in [3.8, 4) is 0 Å². The Hall–Kier alpha value is -0.900. The Labute approximate surface area is 104 Å². The van der Waals surface area contributed by atoms with Gasteiger partial charge in [0.25, 0.3) is 0 Å². The molecule has 0 aromatic heterocycles. The summed E-state index contributed by atoms with van der Waals surface area (Å²) in [6, 6.07) is 10.3. The van der Waals surface area contributed by atoms with E-state index in [1.165, 1.54) is 5.56 Å². The number of aliphatic hydroxyl groups is 1. The Morgan fingerprint density at radius 3 is 2.59 bits per heavy atom. The van der Waals surface area contributed by atoms with Gasteiger partial charge in [-0.25, -0.2) is 0 Å². The van der Waals surface area contributed by atoms with E-state index in [0.717, 1.165) is 12.8 Å². The van der Waals surface area contributed by atoms with E-state index >= 15 is 0 Å². The summed E-state index contributed by atoms with van der Waals surface area (Å²) in [7, 11) is 1.69. The summed E-state index contributed by atoms with van der Waals surface area (Å²) in [6.07, 6.45) is 1.56. The molecule has 1 aromatic rings. The molecular weight excluding hydrogens is 214 g/mol. The summed E-state index contributed by atoms with van der Waals surface area (Å²) in [4.78, 5) is 0. The van der Waals surface area contributed by atoms with E-state index in [4.69, 9.17) is 4.74 Å². The van der Waals surface area contributed by atoms with E-state index in [1.807, 2.05) is 18.2 Å². The molecular formula is C14H23NO2. The molecule has 3 nitrogen and oxygen atoms in total. The Morgan fingerprint density at radius 2 is 2.00 bits per heavy atom. The lowest BCUT2D eigenvalue weighted by Gasteiger charge is -2.20. The van der Waals surface area contributed by atoms with Crippen molar-refractivity contribution >= 4 is 0 Å². The zero-order valence-corrected chi connectivity index (χ0v) is 10.7. The highest BCUT2D eigenvalue weighted by molar-refractivity contribution is 5.18. The highest BCUT2D eigenvalue weighted by Gasteiger charge is 2.12. The Kier molecular flexibility index (Phi) is 6.86.